The van der Waals surface area contributed by atoms with Crippen molar-refractivity contribution in [2.75, 3.05) is 12.8 Å². The zero-order chi connectivity index (χ0) is 14.0. The maximum Gasteiger partial charge on any atom is 0.248 e. The van der Waals surface area contributed by atoms with Crippen LogP contribution in [0.5, 0.6) is 0 Å². The molecule has 2 rings (SSSR count). The molecule has 0 amide bonds. The number of nitrogen functional groups attached to an aromatic ring is 1. The quantitative estimate of drug-likeness (QED) is 0.881. The van der Waals surface area contributed by atoms with E-state index in [2.05, 4.69) is 0 Å². The van der Waals surface area contributed by atoms with Crippen LogP contribution in [0.4, 0.5) is 10.1 Å². The number of hydrogen-bond donors (Lipinski definition) is 1. The first-order chi connectivity index (χ1) is 8.93. The number of benzene rings is 1. The third-order valence-corrected chi connectivity index (χ3v) is 5.38. The SMILES string of the molecule is CN(Cc1cccs1)S(=O)(=O)c1c(N)cccc1F. The van der Waals surface area contributed by atoms with Crippen molar-refractivity contribution < 1.29 is 12.8 Å². The van der Waals surface area contributed by atoms with Crippen molar-refractivity contribution in [2.45, 2.75) is 11.4 Å². The van der Waals surface area contributed by atoms with Crippen molar-refractivity contribution in [3.8, 4) is 0 Å². The number of nitrogens with zero attached hydrogens (tertiary/aromatic N) is 1. The molecule has 1 heterocycles. The number of thiophene rings is 1. The minimum atomic E-state index is -3.94. The van der Waals surface area contributed by atoms with E-state index >= 15 is 0 Å². The monoisotopic (exact) mass is 300 g/mol. The Hall–Kier alpha value is -1.44. The molecule has 0 aliphatic rings. The summed E-state index contributed by atoms with van der Waals surface area (Å²) in [6.07, 6.45) is 0. The zero-order valence-electron chi connectivity index (χ0n) is 10.2. The highest BCUT2D eigenvalue weighted by atomic mass is 32.2. The number of rotatable bonds is 4. The lowest BCUT2D eigenvalue weighted by atomic mass is 10.3. The molecule has 0 aliphatic carbocycles. The Morgan fingerprint density at radius 1 is 1.32 bits per heavy atom. The van der Waals surface area contributed by atoms with Gasteiger partial charge in [-0.3, -0.25) is 0 Å². The van der Waals surface area contributed by atoms with Crippen LogP contribution in [0.3, 0.4) is 0 Å². The summed E-state index contributed by atoms with van der Waals surface area (Å²) in [7, 11) is -2.53. The van der Waals surface area contributed by atoms with Gasteiger partial charge in [0.05, 0.1) is 5.69 Å². The summed E-state index contributed by atoms with van der Waals surface area (Å²) in [5, 5.41) is 1.85. The number of sulfonamides is 1. The summed E-state index contributed by atoms with van der Waals surface area (Å²) < 4.78 is 39.4. The molecule has 1 aromatic heterocycles. The fourth-order valence-electron chi connectivity index (χ4n) is 1.66. The van der Waals surface area contributed by atoms with E-state index in [1.165, 1.54) is 30.5 Å². The van der Waals surface area contributed by atoms with Crippen LogP contribution in [-0.4, -0.2) is 19.8 Å². The fourth-order valence-corrected chi connectivity index (χ4v) is 3.80. The molecule has 2 aromatic rings. The first kappa shape index (κ1) is 14.0. The third-order valence-electron chi connectivity index (χ3n) is 2.62. The lowest BCUT2D eigenvalue weighted by Gasteiger charge is -2.18. The Balaban J connectivity index is 2.37. The molecule has 0 radical (unpaired) electrons. The first-order valence-corrected chi connectivity index (χ1v) is 7.77. The number of nitrogens with two attached hydrogens (primary N) is 1. The van der Waals surface area contributed by atoms with E-state index in [0.717, 1.165) is 15.2 Å². The van der Waals surface area contributed by atoms with E-state index < -0.39 is 20.7 Å². The lowest BCUT2D eigenvalue weighted by Crippen LogP contribution is -2.27. The minimum absolute atomic E-state index is 0.0852. The van der Waals surface area contributed by atoms with E-state index in [4.69, 9.17) is 5.73 Å². The Bertz CT molecular complexity index is 649. The molecule has 0 saturated carbocycles. The van der Waals surface area contributed by atoms with Gasteiger partial charge < -0.3 is 5.73 Å². The normalized spacial score (nSPS) is 11.9. The van der Waals surface area contributed by atoms with Crippen LogP contribution in [-0.2, 0) is 16.6 Å². The highest BCUT2D eigenvalue weighted by Crippen LogP contribution is 2.26. The third kappa shape index (κ3) is 2.78. The molecule has 0 spiro atoms. The molecule has 0 aliphatic heterocycles. The zero-order valence-corrected chi connectivity index (χ0v) is 11.8. The second-order valence-corrected chi connectivity index (χ2v) is 7.01. The number of anilines is 1. The predicted octanol–water partition coefficient (Wildman–Crippen LogP) is 2.29. The Labute approximate surface area is 115 Å². The highest BCUT2D eigenvalue weighted by molar-refractivity contribution is 7.89. The molecule has 1 aromatic carbocycles. The van der Waals surface area contributed by atoms with Crippen LogP contribution in [0.2, 0.25) is 0 Å². The Morgan fingerprint density at radius 2 is 2.05 bits per heavy atom. The van der Waals surface area contributed by atoms with E-state index in [0.29, 0.717) is 0 Å². The maximum atomic E-state index is 13.7. The average Bonchev–Trinajstić information content (AvgIpc) is 2.81. The average molecular weight is 300 g/mol. The fraction of sp³-hybridized carbons (Fsp3) is 0.167. The van der Waals surface area contributed by atoms with Crippen LogP contribution < -0.4 is 5.73 Å². The number of hydrogen-bond acceptors (Lipinski definition) is 4. The maximum absolute atomic E-state index is 13.7. The molecule has 4 nitrogen and oxygen atoms in total. The molecular formula is C12H13FN2O2S2. The highest BCUT2D eigenvalue weighted by Gasteiger charge is 2.27. The second-order valence-electron chi connectivity index (χ2n) is 4.00. The summed E-state index contributed by atoms with van der Waals surface area (Å²) >= 11 is 1.44. The van der Waals surface area contributed by atoms with Gasteiger partial charge in [0, 0.05) is 18.5 Å². The molecule has 0 unspecified atom stereocenters. The second kappa shape index (κ2) is 5.28. The largest absolute Gasteiger partial charge is 0.398 e. The van der Waals surface area contributed by atoms with Gasteiger partial charge in [0.2, 0.25) is 10.0 Å². The molecule has 0 atom stereocenters. The van der Waals surface area contributed by atoms with Gasteiger partial charge in [-0.15, -0.1) is 11.3 Å². The standard InChI is InChI=1S/C12H13FN2O2S2/c1-15(8-9-4-3-7-18-9)19(16,17)12-10(13)5-2-6-11(12)14/h2-7H,8,14H2,1H3. The van der Waals surface area contributed by atoms with Gasteiger partial charge in [-0.2, -0.15) is 4.31 Å². The van der Waals surface area contributed by atoms with E-state index in [1.807, 2.05) is 17.5 Å². The van der Waals surface area contributed by atoms with Crippen LogP contribution >= 0.6 is 11.3 Å². The molecule has 19 heavy (non-hydrogen) atoms. The van der Waals surface area contributed by atoms with Gasteiger partial charge >= 0.3 is 0 Å². The van der Waals surface area contributed by atoms with E-state index in [9.17, 15) is 12.8 Å². The van der Waals surface area contributed by atoms with E-state index in [-0.39, 0.29) is 12.2 Å². The molecule has 7 heteroatoms. The summed E-state index contributed by atoms with van der Waals surface area (Å²) in [4.78, 5) is 0.412. The van der Waals surface area contributed by atoms with Crippen molar-refractivity contribution in [3.63, 3.8) is 0 Å². The summed E-state index contributed by atoms with van der Waals surface area (Å²) in [5.41, 5.74) is 5.49. The van der Waals surface area contributed by atoms with Crippen molar-refractivity contribution in [1.29, 1.82) is 0 Å². The summed E-state index contributed by atoms with van der Waals surface area (Å²) in [6.45, 7) is 0.188. The molecule has 0 bridgehead atoms. The van der Waals surface area contributed by atoms with Crippen molar-refractivity contribution in [3.05, 3.63) is 46.4 Å². The van der Waals surface area contributed by atoms with Crippen molar-refractivity contribution in [2.24, 2.45) is 0 Å². The van der Waals surface area contributed by atoms with Crippen LogP contribution in [0.1, 0.15) is 4.88 Å². The van der Waals surface area contributed by atoms with Gasteiger partial charge in [0.1, 0.15) is 10.7 Å². The molecule has 0 saturated heterocycles. The number of halogens is 1. The van der Waals surface area contributed by atoms with Crippen molar-refractivity contribution in [1.82, 2.24) is 4.31 Å². The van der Waals surface area contributed by atoms with Crippen LogP contribution in [0, 0.1) is 5.82 Å². The van der Waals surface area contributed by atoms with E-state index in [1.54, 1.807) is 0 Å². The van der Waals surface area contributed by atoms with Gasteiger partial charge in [0.25, 0.3) is 0 Å². The van der Waals surface area contributed by atoms with Crippen LogP contribution in [0.25, 0.3) is 0 Å². The minimum Gasteiger partial charge on any atom is -0.398 e. The predicted molar refractivity (Wildman–Crippen MR) is 73.8 cm³/mol. The van der Waals surface area contributed by atoms with Crippen molar-refractivity contribution >= 4 is 27.0 Å². The van der Waals surface area contributed by atoms with Gasteiger partial charge in [0.15, 0.2) is 0 Å². The first-order valence-electron chi connectivity index (χ1n) is 5.45. The lowest BCUT2D eigenvalue weighted by molar-refractivity contribution is 0.463. The van der Waals surface area contributed by atoms with Gasteiger partial charge in [-0.25, -0.2) is 12.8 Å². The summed E-state index contributed by atoms with van der Waals surface area (Å²) in [6, 6.07) is 7.49. The van der Waals surface area contributed by atoms with Crippen LogP contribution in [0.15, 0.2) is 40.6 Å². The van der Waals surface area contributed by atoms with Gasteiger partial charge in [-0.1, -0.05) is 12.1 Å². The molecular weight excluding hydrogens is 287 g/mol. The Morgan fingerprint density at radius 3 is 2.63 bits per heavy atom. The Kier molecular flexibility index (Phi) is 3.88. The molecule has 2 N–H and O–H groups in total. The smallest absolute Gasteiger partial charge is 0.248 e. The van der Waals surface area contributed by atoms with Gasteiger partial charge in [-0.05, 0) is 23.6 Å². The molecule has 102 valence electrons. The molecule has 0 fully saturated rings. The topological polar surface area (TPSA) is 63.4 Å². The summed E-state index contributed by atoms with van der Waals surface area (Å²) in [5.74, 6) is -0.835.